The third-order valence-electron chi connectivity index (χ3n) is 4.05. The van der Waals surface area contributed by atoms with Gasteiger partial charge in [0, 0.05) is 12.7 Å². The molecule has 1 aromatic heterocycles. The zero-order valence-electron chi connectivity index (χ0n) is 13.7. The molecule has 5 nitrogen and oxygen atoms in total. The number of nitrogens with one attached hydrogen (secondary N) is 1. The second kappa shape index (κ2) is 6.47. The van der Waals surface area contributed by atoms with E-state index in [1.165, 1.54) is 12.1 Å². The highest BCUT2D eigenvalue weighted by Crippen LogP contribution is 2.22. The van der Waals surface area contributed by atoms with Gasteiger partial charge in [0.2, 0.25) is 5.91 Å². The number of para-hydroxylation sites is 1. The Kier molecular flexibility index (Phi) is 4.38. The molecule has 1 unspecified atom stereocenters. The van der Waals surface area contributed by atoms with Gasteiger partial charge in [-0.25, -0.2) is 4.39 Å². The van der Waals surface area contributed by atoms with E-state index in [-0.39, 0.29) is 23.4 Å². The van der Waals surface area contributed by atoms with Gasteiger partial charge in [-0.3, -0.25) is 9.59 Å². The maximum atomic E-state index is 13.8. The van der Waals surface area contributed by atoms with Crippen molar-refractivity contribution in [1.29, 1.82) is 0 Å². The van der Waals surface area contributed by atoms with Gasteiger partial charge in [-0.05, 0) is 30.2 Å². The molecule has 6 heteroatoms. The van der Waals surface area contributed by atoms with Gasteiger partial charge in [-0.2, -0.15) is 0 Å². The molecule has 0 bridgehead atoms. The Hall–Kier alpha value is -2.63. The van der Waals surface area contributed by atoms with Crippen molar-refractivity contribution in [1.82, 2.24) is 9.47 Å². The van der Waals surface area contributed by atoms with Crippen molar-refractivity contribution in [2.75, 3.05) is 11.9 Å². The summed E-state index contributed by atoms with van der Waals surface area (Å²) >= 11 is 0. The number of nitrogens with zero attached hydrogens (tertiary/aromatic N) is 2. The summed E-state index contributed by atoms with van der Waals surface area (Å²) in [4.78, 5) is 27.0. The van der Waals surface area contributed by atoms with Gasteiger partial charge in [0.25, 0.3) is 5.91 Å². The predicted molar refractivity (Wildman–Crippen MR) is 89.1 cm³/mol. The molecule has 0 saturated carbocycles. The van der Waals surface area contributed by atoms with Crippen LogP contribution >= 0.6 is 0 Å². The first kappa shape index (κ1) is 16.2. The van der Waals surface area contributed by atoms with Crippen molar-refractivity contribution in [3.8, 4) is 0 Å². The van der Waals surface area contributed by atoms with Gasteiger partial charge in [0.1, 0.15) is 17.6 Å². The van der Waals surface area contributed by atoms with Crippen LogP contribution in [0.15, 0.2) is 42.6 Å². The first-order valence-electron chi connectivity index (χ1n) is 7.99. The largest absolute Gasteiger partial charge is 0.341 e. The van der Waals surface area contributed by atoms with Crippen molar-refractivity contribution in [2.45, 2.75) is 26.4 Å². The van der Waals surface area contributed by atoms with Crippen molar-refractivity contribution in [3.63, 3.8) is 0 Å². The Morgan fingerprint density at radius 1 is 1.29 bits per heavy atom. The predicted octanol–water partition coefficient (Wildman–Crippen LogP) is 2.75. The molecule has 24 heavy (non-hydrogen) atoms. The summed E-state index contributed by atoms with van der Waals surface area (Å²) in [6.07, 6.45) is 1.78. The first-order valence-corrected chi connectivity index (χ1v) is 7.99. The van der Waals surface area contributed by atoms with E-state index in [1.54, 1.807) is 39.9 Å². The Balaban J connectivity index is 1.87. The molecule has 1 N–H and O–H groups in total. The van der Waals surface area contributed by atoms with Crippen LogP contribution in [-0.4, -0.2) is 33.9 Å². The lowest BCUT2D eigenvalue weighted by Crippen LogP contribution is -2.54. The van der Waals surface area contributed by atoms with E-state index < -0.39 is 11.9 Å². The molecular weight excluding hydrogens is 309 g/mol. The third kappa shape index (κ3) is 3.04. The Morgan fingerprint density at radius 3 is 2.75 bits per heavy atom. The van der Waals surface area contributed by atoms with Crippen molar-refractivity contribution in [2.24, 2.45) is 5.92 Å². The Labute approximate surface area is 140 Å². The Bertz CT molecular complexity index is 769. The van der Waals surface area contributed by atoms with Crippen LogP contribution in [0.3, 0.4) is 0 Å². The molecule has 1 aromatic carbocycles. The zero-order chi connectivity index (χ0) is 17.3. The summed E-state index contributed by atoms with van der Waals surface area (Å²) < 4.78 is 15.6. The molecule has 2 amide bonds. The van der Waals surface area contributed by atoms with Crippen LogP contribution in [0.2, 0.25) is 0 Å². The summed E-state index contributed by atoms with van der Waals surface area (Å²) in [5, 5.41) is 2.61. The number of amides is 2. The molecule has 2 aromatic rings. The van der Waals surface area contributed by atoms with E-state index in [1.807, 2.05) is 13.8 Å². The van der Waals surface area contributed by atoms with Crippen molar-refractivity contribution < 1.29 is 14.0 Å². The molecule has 0 fully saturated rings. The number of benzene rings is 1. The number of halogens is 1. The molecule has 1 aliphatic rings. The molecular formula is C18H20FN3O2. The van der Waals surface area contributed by atoms with Gasteiger partial charge in [0.05, 0.1) is 12.2 Å². The van der Waals surface area contributed by atoms with Crippen LogP contribution in [0.25, 0.3) is 0 Å². The van der Waals surface area contributed by atoms with Crippen LogP contribution in [0, 0.1) is 11.7 Å². The number of aromatic nitrogens is 1. The van der Waals surface area contributed by atoms with E-state index >= 15 is 0 Å². The number of carbonyl (C=O) groups is 2. The third-order valence-corrected chi connectivity index (χ3v) is 4.05. The Morgan fingerprint density at radius 2 is 2.04 bits per heavy atom. The fourth-order valence-electron chi connectivity index (χ4n) is 2.95. The average molecular weight is 329 g/mol. The van der Waals surface area contributed by atoms with E-state index in [9.17, 15) is 14.0 Å². The van der Waals surface area contributed by atoms with Crippen LogP contribution in [0.5, 0.6) is 0 Å². The van der Waals surface area contributed by atoms with Gasteiger partial charge < -0.3 is 14.8 Å². The van der Waals surface area contributed by atoms with E-state index in [0.29, 0.717) is 18.8 Å². The summed E-state index contributed by atoms with van der Waals surface area (Å²) in [7, 11) is 0. The van der Waals surface area contributed by atoms with Crippen LogP contribution < -0.4 is 5.32 Å². The van der Waals surface area contributed by atoms with E-state index in [2.05, 4.69) is 5.32 Å². The number of hydrogen-bond donors (Lipinski definition) is 1. The number of anilines is 1. The summed E-state index contributed by atoms with van der Waals surface area (Å²) in [6.45, 7) is 4.82. The highest BCUT2D eigenvalue weighted by atomic mass is 19.1. The van der Waals surface area contributed by atoms with Gasteiger partial charge in [-0.15, -0.1) is 0 Å². The molecule has 0 aliphatic carbocycles. The minimum Gasteiger partial charge on any atom is -0.341 e. The molecule has 1 aliphatic heterocycles. The number of hydrogen-bond acceptors (Lipinski definition) is 2. The molecule has 3 rings (SSSR count). The van der Waals surface area contributed by atoms with Crippen LogP contribution in [0.4, 0.5) is 10.1 Å². The lowest BCUT2D eigenvalue weighted by Gasteiger charge is -2.36. The average Bonchev–Trinajstić information content (AvgIpc) is 3.00. The summed E-state index contributed by atoms with van der Waals surface area (Å²) in [5.74, 6) is -0.827. The number of fused-ring (bicyclic) bond motifs is 1. The number of rotatable bonds is 4. The molecule has 0 saturated heterocycles. The molecule has 0 radical (unpaired) electrons. The topological polar surface area (TPSA) is 54.3 Å². The summed E-state index contributed by atoms with van der Waals surface area (Å²) in [6, 6.07) is 8.88. The van der Waals surface area contributed by atoms with Gasteiger partial charge in [0.15, 0.2) is 0 Å². The maximum Gasteiger partial charge on any atom is 0.271 e. The minimum absolute atomic E-state index is 0.123. The number of carbonyl (C=O) groups excluding carboxylic acids is 2. The fraction of sp³-hybridized carbons (Fsp3) is 0.333. The van der Waals surface area contributed by atoms with Crippen LogP contribution in [0.1, 0.15) is 24.3 Å². The molecule has 0 spiro atoms. The summed E-state index contributed by atoms with van der Waals surface area (Å²) in [5.41, 5.74) is 0.698. The van der Waals surface area contributed by atoms with Crippen molar-refractivity contribution >= 4 is 17.5 Å². The smallest absolute Gasteiger partial charge is 0.271 e. The van der Waals surface area contributed by atoms with Gasteiger partial charge >= 0.3 is 0 Å². The van der Waals surface area contributed by atoms with Crippen LogP contribution in [-0.2, 0) is 11.3 Å². The lowest BCUT2D eigenvalue weighted by atomic mass is 10.1. The van der Waals surface area contributed by atoms with Gasteiger partial charge in [-0.1, -0.05) is 26.0 Å². The fourth-order valence-corrected chi connectivity index (χ4v) is 2.95. The standard InChI is InChI=1S/C18H20FN3O2/c1-12(2)10-22-16(11-21-9-5-8-15(21)18(22)24)17(23)20-14-7-4-3-6-13(14)19/h3-9,12,16H,10-11H2,1-2H3,(H,20,23). The molecule has 2 heterocycles. The molecule has 126 valence electrons. The normalized spacial score (nSPS) is 17.1. The monoisotopic (exact) mass is 329 g/mol. The first-order chi connectivity index (χ1) is 11.5. The highest BCUT2D eigenvalue weighted by Gasteiger charge is 2.36. The molecule has 1 atom stereocenters. The quantitative estimate of drug-likeness (QED) is 0.938. The minimum atomic E-state index is -0.667. The maximum absolute atomic E-state index is 13.8. The van der Waals surface area contributed by atoms with E-state index in [4.69, 9.17) is 0 Å². The zero-order valence-corrected chi connectivity index (χ0v) is 13.7. The van der Waals surface area contributed by atoms with E-state index in [0.717, 1.165) is 0 Å². The lowest BCUT2D eigenvalue weighted by molar-refractivity contribution is -0.121. The SMILES string of the molecule is CC(C)CN1C(=O)c2cccn2CC1C(=O)Nc1ccccc1F. The second-order valence-electron chi connectivity index (χ2n) is 6.38. The second-order valence-corrected chi connectivity index (χ2v) is 6.38. The highest BCUT2D eigenvalue weighted by molar-refractivity contribution is 6.01. The van der Waals surface area contributed by atoms with Crippen molar-refractivity contribution in [3.05, 3.63) is 54.1 Å².